The summed E-state index contributed by atoms with van der Waals surface area (Å²) in [6, 6.07) is 1.84. The molecule has 0 amide bonds. The number of rotatable bonds is 4. The van der Waals surface area contributed by atoms with Gasteiger partial charge in [0.1, 0.15) is 6.04 Å². The number of hydrogen-bond donors (Lipinski definition) is 2. The van der Waals surface area contributed by atoms with Crippen LogP contribution in [0.2, 0.25) is 0 Å². The Morgan fingerprint density at radius 3 is 2.46 bits per heavy atom. The molecule has 5 heteroatoms. The predicted octanol–water partition coefficient (Wildman–Crippen LogP) is 9.67. The van der Waals surface area contributed by atoms with Gasteiger partial charge < -0.3 is 19.5 Å². The summed E-state index contributed by atoms with van der Waals surface area (Å²) in [6.07, 6.45) is 16.6. The molecule has 2 fully saturated rings. The number of aliphatic hydroxyl groups is 2. The minimum atomic E-state index is -0.828. The number of ketones is 1. The van der Waals surface area contributed by atoms with Crippen molar-refractivity contribution in [2.45, 2.75) is 136 Å². The highest BCUT2D eigenvalue weighted by atomic mass is 16.5. The standard InChI is InChI=1S/C45H57NO4/c1-12-14-25(4)15-13-19-43(9)31-17-16-26-21-29-28-22-27-30-23-41(5,6)50-42(7,8)35(30)38(48)33(27)34-37(28)46(36(24(2)3)39(34)49)40(29)45(26,11)44(31,10)20-18-32(43)47/h12-15,19,22-23,26,31-32,35-36,38,47-48H,2,16-18,20-21H2,1,3-11H3/b14-12+,19-13+,25-15+/t26?,31-,32-,35?,36-,38+,43-,44-,45+/m0/s1. The Balaban J connectivity index is 1.36. The zero-order chi connectivity index (χ0) is 36.1. The number of ether oxygens (including phenoxy) is 1. The summed E-state index contributed by atoms with van der Waals surface area (Å²) >= 11 is 0. The van der Waals surface area contributed by atoms with E-state index in [1.54, 1.807) is 0 Å². The molecule has 6 aliphatic rings. The Labute approximate surface area is 298 Å². The highest BCUT2D eigenvalue weighted by molar-refractivity contribution is 6.18. The zero-order valence-corrected chi connectivity index (χ0v) is 31.9. The van der Waals surface area contributed by atoms with Crippen LogP contribution in [0.4, 0.5) is 0 Å². The van der Waals surface area contributed by atoms with Gasteiger partial charge in [-0.2, -0.15) is 0 Å². The minimum absolute atomic E-state index is 0.0631. The van der Waals surface area contributed by atoms with Crippen LogP contribution in [-0.4, -0.2) is 37.9 Å². The van der Waals surface area contributed by atoms with Gasteiger partial charge in [0.25, 0.3) is 0 Å². The van der Waals surface area contributed by atoms with Crippen LogP contribution in [0.25, 0.3) is 16.5 Å². The summed E-state index contributed by atoms with van der Waals surface area (Å²) < 4.78 is 8.94. The minimum Gasteiger partial charge on any atom is -0.392 e. The molecule has 4 aliphatic carbocycles. The summed E-state index contributed by atoms with van der Waals surface area (Å²) in [5, 5.41) is 25.1. The van der Waals surface area contributed by atoms with Crippen molar-refractivity contribution in [1.82, 2.24) is 4.57 Å². The van der Waals surface area contributed by atoms with Gasteiger partial charge in [-0.25, -0.2) is 0 Å². The summed E-state index contributed by atoms with van der Waals surface area (Å²) in [7, 11) is 0. The average molecular weight is 676 g/mol. The molecule has 1 aromatic heterocycles. The lowest BCUT2D eigenvalue weighted by Gasteiger charge is -2.64. The third kappa shape index (κ3) is 4.09. The summed E-state index contributed by atoms with van der Waals surface area (Å²) in [5.41, 5.74) is 7.55. The van der Waals surface area contributed by atoms with Gasteiger partial charge in [0.05, 0.1) is 34.5 Å². The number of aromatic nitrogens is 1. The molecule has 1 aromatic carbocycles. The van der Waals surface area contributed by atoms with Crippen molar-refractivity contribution in [1.29, 1.82) is 0 Å². The van der Waals surface area contributed by atoms with Gasteiger partial charge in [0, 0.05) is 33.4 Å². The molecule has 2 N–H and O–H groups in total. The first-order valence-electron chi connectivity index (χ1n) is 19.1. The average Bonchev–Trinajstić information content (AvgIpc) is 3.68. The van der Waals surface area contributed by atoms with Gasteiger partial charge in [-0.15, -0.1) is 0 Å². The first-order valence-corrected chi connectivity index (χ1v) is 19.1. The maximum absolute atomic E-state index is 14.9. The number of benzene rings is 1. The van der Waals surface area contributed by atoms with Crippen molar-refractivity contribution in [2.24, 2.45) is 28.6 Å². The molecule has 0 radical (unpaired) electrons. The van der Waals surface area contributed by atoms with Gasteiger partial charge in [0.2, 0.25) is 0 Å². The topological polar surface area (TPSA) is 71.7 Å². The Morgan fingerprint density at radius 1 is 1.06 bits per heavy atom. The second kappa shape index (κ2) is 10.5. The molecule has 266 valence electrons. The Hall–Kier alpha value is -2.99. The van der Waals surface area contributed by atoms with Gasteiger partial charge in [-0.05, 0) is 127 Å². The Kier molecular flexibility index (Phi) is 7.20. The van der Waals surface area contributed by atoms with E-state index in [1.165, 1.54) is 22.2 Å². The van der Waals surface area contributed by atoms with Crippen LogP contribution in [0.5, 0.6) is 0 Å². The van der Waals surface area contributed by atoms with Crippen LogP contribution in [0.3, 0.4) is 0 Å². The predicted molar refractivity (Wildman–Crippen MR) is 202 cm³/mol. The van der Waals surface area contributed by atoms with Crippen LogP contribution in [-0.2, 0) is 16.6 Å². The van der Waals surface area contributed by atoms with E-state index in [0.717, 1.165) is 59.9 Å². The van der Waals surface area contributed by atoms with E-state index in [4.69, 9.17) is 4.74 Å². The molecule has 5 nitrogen and oxygen atoms in total. The maximum Gasteiger partial charge on any atom is 0.192 e. The molecule has 0 bridgehead atoms. The highest BCUT2D eigenvalue weighted by Gasteiger charge is 2.67. The number of nitrogens with zero attached hydrogens (tertiary/aromatic N) is 1. The van der Waals surface area contributed by atoms with E-state index in [9.17, 15) is 15.0 Å². The van der Waals surface area contributed by atoms with Crippen molar-refractivity contribution in [3.8, 4) is 0 Å². The molecular weight excluding hydrogens is 618 g/mol. The number of fused-ring (bicyclic) bond motifs is 11. The summed E-state index contributed by atoms with van der Waals surface area (Å²) in [4.78, 5) is 14.9. The van der Waals surface area contributed by atoms with Crippen LogP contribution in [0.15, 0.2) is 60.2 Å². The Morgan fingerprint density at radius 2 is 1.78 bits per heavy atom. The quantitative estimate of drug-likeness (QED) is 0.250. The number of Topliss-reactive ketones (excluding diaryl/α,β-unsaturated/α-hetero) is 1. The lowest BCUT2D eigenvalue weighted by atomic mass is 9.40. The normalized spacial score (nSPS) is 39.5. The first-order chi connectivity index (χ1) is 23.3. The molecule has 2 aliphatic heterocycles. The van der Waals surface area contributed by atoms with Gasteiger partial charge >= 0.3 is 0 Å². The van der Waals surface area contributed by atoms with Gasteiger partial charge in [-0.1, -0.05) is 68.9 Å². The Bertz CT molecular complexity index is 2000. The molecular formula is C45H57NO4. The first kappa shape index (κ1) is 34.1. The molecule has 0 saturated heterocycles. The second-order valence-electron chi connectivity index (χ2n) is 18.6. The number of aliphatic hydroxyl groups excluding tert-OH is 2. The van der Waals surface area contributed by atoms with Crippen molar-refractivity contribution < 1.29 is 19.7 Å². The molecule has 50 heavy (non-hydrogen) atoms. The molecule has 2 unspecified atom stereocenters. The lowest BCUT2D eigenvalue weighted by Crippen LogP contribution is -2.62. The van der Waals surface area contributed by atoms with Crippen LogP contribution < -0.4 is 0 Å². The SMILES string of the molecule is C=C(C)[C@H]1C(=O)c2c3c(cc4c5c(n1c24)[C@@]1(C)C(CC[C@H]2[C@](C)(/C=C/C=C(C)/C=C/C)[C@@H](O)CC[C@@]21C)C5)C1=CC(C)(C)OC(C)(C)C1[C@@H]3O. The molecule has 2 saturated carbocycles. The highest BCUT2D eigenvalue weighted by Crippen LogP contribution is 2.71. The molecule has 9 atom stereocenters. The van der Waals surface area contributed by atoms with Crippen LogP contribution in [0.1, 0.15) is 140 Å². The van der Waals surface area contributed by atoms with Crippen molar-refractivity contribution in [2.75, 3.05) is 0 Å². The maximum atomic E-state index is 14.9. The van der Waals surface area contributed by atoms with E-state index in [2.05, 4.69) is 109 Å². The fourth-order valence-electron chi connectivity index (χ4n) is 12.8. The third-order valence-electron chi connectivity index (χ3n) is 14.9. The van der Waals surface area contributed by atoms with Crippen molar-refractivity contribution >= 4 is 22.3 Å². The van der Waals surface area contributed by atoms with Crippen molar-refractivity contribution in [3.05, 3.63) is 88.2 Å². The zero-order valence-electron chi connectivity index (χ0n) is 31.9. The monoisotopic (exact) mass is 675 g/mol. The van der Waals surface area contributed by atoms with E-state index >= 15 is 0 Å². The largest absolute Gasteiger partial charge is 0.392 e. The van der Waals surface area contributed by atoms with Gasteiger partial charge in [0.15, 0.2) is 5.78 Å². The molecule has 8 rings (SSSR count). The molecule has 0 spiro atoms. The lowest BCUT2D eigenvalue weighted by molar-refractivity contribution is -0.144. The molecule has 2 aromatic rings. The van der Waals surface area contributed by atoms with Crippen LogP contribution >= 0.6 is 0 Å². The van der Waals surface area contributed by atoms with Crippen LogP contribution in [0, 0.1) is 28.6 Å². The number of allylic oxidation sites excluding steroid dienone is 6. The number of carbonyl (C=O) groups excluding carboxylic acids is 1. The second-order valence-corrected chi connectivity index (χ2v) is 18.6. The van der Waals surface area contributed by atoms with E-state index in [1.807, 2.05) is 13.8 Å². The third-order valence-corrected chi connectivity index (χ3v) is 14.9. The smallest absolute Gasteiger partial charge is 0.192 e. The van der Waals surface area contributed by atoms with Gasteiger partial charge in [-0.3, -0.25) is 4.79 Å². The fourth-order valence-corrected chi connectivity index (χ4v) is 12.8. The molecule has 3 heterocycles. The summed E-state index contributed by atoms with van der Waals surface area (Å²) in [6.45, 7) is 26.2. The number of carbonyl (C=O) groups is 1. The fraction of sp³-hybridized carbons (Fsp3) is 0.578. The van der Waals surface area contributed by atoms with E-state index in [0.29, 0.717) is 11.5 Å². The van der Waals surface area contributed by atoms with E-state index in [-0.39, 0.29) is 33.9 Å². The van der Waals surface area contributed by atoms with E-state index < -0.39 is 29.5 Å². The van der Waals surface area contributed by atoms with Crippen molar-refractivity contribution in [3.63, 3.8) is 0 Å². The number of hydrogen-bond acceptors (Lipinski definition) is 4. The summed E-state index contributed by atoms with van der Waals surface area (Å²) in [5.74, 6) is 0.530.